The van der Waals surface area contributed by atoms with Gasteiger partial charge in [-0.1, -0.05) is 83.9 Å². The molecule has 0 atom stereocenters. The predicted molar refractivity (Wildman–Crippen MR) is 129 cm³/mol. The van der Waals surface area contributed by atoms with Crippen LogP contribution < -0.4 is 0 Å². The number of hydrogen-bond acceptors (Lipinski definition) is 2. The molecule has 4 rings (SSSR count). The number of aliphatic imine (C=N–C) groups is 2. The Morgan fingerprint density at radius 2 is 0.900 bits per heavy atom. The lowest BCUT2D eigenvalue weighted by molar-refractivity contribution is 1.45. The standard InChI is InChI=1S/C28H24N2/c1-21-5-3-7-23(17-21)19-29-27-13-9-25(10-14-27)26-11-15-28(16-12-26)30-20-24-8-4-6-22(2)18-24/h3-20H,1-2H3. The van der Waals surface area contributed by atoms with Crippen LogP contribution in [0.4, 0.5) is 11.4 Å². The van der Waals surface area contributed by atoms with Crippen LogP contribution in [0.2, 0.25) is 0 Å². The Morgan fingerprint density at radius 3 is 1.27 bits per heavy atom. The third kappa shape index (κ3) is 5.18. The Kier molecular flexibility index (Phi) is 5.95. The third-order valence-electron chi connectivity index (χ3n) is 4.88. The number of nitrogens with zero attached hydrogens (tertiary/aromatic N) is 2. The molecule has 0 amide bonds. The van der Waals surface area contributed by atoms with Crippen molar-refractivity contribution in [2.75, 3.05) is 0 Å². The van der Waals surface area contributed by atoms with E-state index in [9.17, 15) is 0 Å². The molecule has 0 radical (unpaired) electrons. The molecule has 0 spiro atoms. The van der Waals surface area contributed by atoms with E-state index < -0.39 is 0 Å². The van der Waals surface area contributed by atoms with E-state index in [-0.39, 0.29) is 0 Å². The molecule has 0 unspecified atom stereocenters. The molecule has 0 aromatic heterocycles. The molecule has 4 aromatic carbocycles. The molecule has 0 bridgehead atoms. The lowest BCUT2D eigenvalue weighted by Crippen LogP contribution is -1.82. The Hall–Kier alpha value is -3.78. The fourth-order valence-electron chi connectivity index (χ4n) is 3.28. The van der Waals surface area contributed by atoms with E-state index in [0.29, 0.717) is 0 Å². The predicted octanol–water partition coefficient (Wildman–Crippen LogP) is 7.47. The maximum atomic E-state index is 4.58. The summed E-state index contributed by atoms with van der Waals surface area (Å²) in [6, 6.07) is 33.3. The lowest BCUT2D eigenvalue weighted by atomic mass is 10.1. The first-order valence-corrected chi connectivity index (χ1v) is 10.1. The van der Waals surface area contributed by atoms with Crippen LogP contribution in [0.1, 0.15) is 22.3 Å². The quantitative estimate of drug-likeness (QED) is 0.317. The van der Waals surface area contributed by atoms with Gasteiger partial charge in [-0.15, -0.1) is 0 Å². The number of hydrogen-bond donors (Lipinski definition) is 0. The van der Waals surface area contributed by atoms with Gasteiger partial charge < -0.3 is 0 Å². The SMILES string of the molecule is Cc1cccc(C=Nc2ccc(-c3ccc(N=Cc4cccc(C)c4)cc3)cc2)c1. The number of aryl methyl sites for hydroxylation is 2. The van der Waals surface area contributed by atoms with Crippen molar-refractivity contribution in [2.24, 2.45) is 9.98 Å². The second-order valence-electron chi connectivity index (χ2n) is 7.44. The second-order valence-corrected chi connectivity index (χ2v) is 7.44. The monoisotopic (exact) mass is 388 g/mol. The van der Waals surface area contributed by atoms with E-state index in [2.05, 4.69) is 84.5 Å². The van der Waals surface area contributed by atoms with Crippen molar-refractivity contribution in [3.8, 4) is 11.1 Å². The topological polar surface area (TPSA) is 24.7 Å². The maximum Gasteiger partial charge on any atom is 0.0630 e. The molecule has 0 fully saturated rings. The van der Waals surface area contributed by atoms with Crippen molar-refractivity contribution >= 4 is 23.8 Å². The van der Waals surface area contributed by atoms with Gasteiger partial charge in [0.2, 0.25) is 0 Å². The molecule has 0 aliphatic carbocycles. The van der Waals surface area contributed by atoms with Gasteiger partial charge in [0.1, 0.15) is 0 Å². The minimum absolute atomic E-state index is 0.944. The molecule has 30 heavy (non-hydrogen) atoms. The Bertz CT molecular complexity index is 1090. The zero-order valence-electron chi connectivity index (χ0n) is 17.3. The van der Waals surface area contributed by atoms with Gasteiger partial charge in [-0.05, 0) is 60.4 Å². The van der Waals surface area contributed by atoms with E-state index in [4.69, 9.17) is 0 Å². The van der Waals surface area contributed by atoms with Crippen molar-refractivity contribution in [3.05, 3.63) is 119 Å². The molecule has 0 aliphatic rings. The van der Waals surface area contributed by atoms with Gasteiger partial charge >= 0.3 is 0 Å². The van der Waals surface area contributed by atoms with Crippen LogP contribution in [0.5, 0.6) is 0 Å². The molecule has 0 heterocycles. The number of benzene rings is 4. The summed E-state index contributed by atoms with van der Waals surface area (Å²) < 4.78 is 0. The zero-order valence-corrected chi connectivity index (χ0v) is 17.3. The fraction of sp³-hybridized carbons (Fsp3) is 0.0714. The highest BCUT2D eigenvalue weighted by atomic mass is 14.7. The summed E-state index contributed by atoms with van der Waals surface area (Å²) in [6.07, 6.45) is 3.81. The van der Waals surface area contributed by atoms with Crippen LogP contribution in [-0.4, -0.2) is 12.4 Å². The maximum absolute atomic E-state index is 4.58. The van der Waals surface area contributed by atoms with Gasteiger partial charge in [0, 0.05) is 12.4 Å². The van der Waals surface area contributed by atoms with Gasteiger partial charge in [0.05, 0.1) is 11.4 Å². The Labute approximate surface area is 178 Å². The van der Waals surface area contributed by atoms with Gasteiger partial charge in [-0.25, -0.2) is 0 Å². The van der Waals surface area contributed by atoms with Crippen LogP contribution in [0.25, 0.3) is 11.1 Å². The Morgan fingerprint density at radius 1 is 0.500 bits per heavy atom. The molecule has 0 saturated carbocycles. The molecule has 0 N–H and O–H groups in total. The van der Waals surface area contributed by atoms with Crippen molar-refractivity contribution in [1.29, 1.82) is 0 Å². The molecular formula is C28H24N2. The van der Waals surface area contributed by atoms with Gasteiger partial charge in [-0.3, -0.25) is 9.98 Å². The summed E-state index contributed by atoms with van der Waals surface area (Å²) >= 11 is 0. The van der Waals surface area contributed by atoms with Crippen LogP contribution >= 0.6 is 0 Å². The minimum Gasteiger partial charge on any atom is -0.256 e. The molecule has 2 heteroatoms. The van der Waals surface area contributed by atoms with E-state index in [1.165, 1.54) is 22.3 Å². The van der Waals surface area contributed by atoms with Crippen LogP contribution in [0, 0.1) is 13.8 Å². The smallest absolute Gasteiger partial charge is 0.0630 e. The lowest BCUT2D eigenvalue weighted by Gasteiger charge is -2.03. The molecule has 0 saturated heterocycles. The van der Waals surface area contributed by atoms with Crippen molar-refractivity contribution in [3.63, 3.8) is 0 Å². The normalized spacial score (nSPS) is 11.4. The van der Waals surface area contributed by atoms with E-state index in [0.717, 1.165) is 22.5 Å². The van der Waals surface area contributed by atoms with Crippen molar-refractivity contribution in [1.82, 2.24) is 0 Å². The van der Waals surface area contributed by atoms with E-state index >= 15 is 0 Å². The third-order valence-corrected chi connectivity index (χ3v) is 4.88. The van der Waals surface area contributed by atoms with Crippen LogP contribution in [0.15, 0.2) is 107 Å². The summed E-state index contributed by atoms with van der Waals surface area (Å²) in [5.74, 6) is 0. The summed E-state index contributed by atoms with van der Waals surface area (Å²) in [7, 11) is 0. The average molecular weight is 389 g/mol. The largest absolute Gasteiger partial charge is 0.256 e. The molecule has 146 valence electrons. The first kappa shape index (κ1) is 19.5. The highest BCUT2D eigenvalue weighted by Gasteiger charge is 1.99. The zero-order chi connectivity index (χ0) is 20.8. The number of rotatable bonds is 5. The van der Waals surface area contributed by atoms with E-state index in [1.807, 2.05) is 48.8 Å². The van der Waals surface area contributed by atoms with Gasteiger partial charge in [0.15, 0.2) is 0 Å². The fourth-order valence-corrected chi connectivity index (χ4v) is 3.28. The molecule has 0 aliphatic heterocycles. The Balaban J connectivity index is 1.44. The van der Waals surface area contributed by atoms with Crippen LogP contribution in [0.3, 0.4) is 0 Å². The minimum atomic E-state index is 0.944. The molecule has 4 aromatic rings. The highest BCUT2D eigenvalue weighted by molar-refractivity contribution is 5.83. The first-order valence-electron chi connectivity index (χ1n) is 10.1. The van der Waals surface area contributed by atoms with Crippen molar-refractivity contribution in [2.45, 2.75) is 13.8 Å². The average Bonchev–Trinajstić information content (AvgIpc) is 2.77. The van der Waals surface area contributed by atoms with Crippen LogP contribution in [-0.2, 0) is 0 Å². The first-order chi connectivity index (χ1) is 14.7. The molecule has 2 nitrogen and oxygen atoms in total. The summed E-state index contributed by atoms with van der Waals surface area (Å²) in [5, 5.41) is 0. The van der Waals surface area contributed by atoms with Gasteiger partial charge in [-0.2, -0.15) is 0 Å². The summed E-state index contributed by atoms with van der Waals surface area (Å²) in [6.45, 7) is 4.18. The van der Waals surface area contributed by atoms with Crippen molar-refractivity contribution < 1.29 is 0 Å². The van der Waals surface area contributed by atoms with Gasteiger partial charge in [0.25, 0.3) is 0 Å². The highest BCUT2D eigenvalue weighted by Crippen LogP contribution is 2.25. The molecular weight excluding hydrogens is 364 g/mol. The second kappa shape index (κ2) is 9.15. The summed E-state index contributed by atoms with van der Waals surface area (Å²) in [4.78, 5) is 9.16. The summed E-state index contributed by atoms with van der Waals surface area (Å²) in [5.41, 5.74) is 8.92. The van der Waals surface area contributed by atoms with E-state index in [1.54, 1.807) is 0 Å².